The molecule has 1 N–H and O–H groups in total. The first kappa shape index (κ1) is 16.9. The number of rotatable bonds is 5. The summed E-state index contributed by atoms with van der Waals surface area (Å²) < 4.78 is 0. The van der Waals surface area contributed by atoms with Crippen LogP contribution < -0.4 is 5.32 Å². The van der Waals surface area contributed by atoms with Crippen LogP contribution in [0.3, 0.4) is 0 Å². The lowest BCUT2D eigenvalue weighted by molar-refractivity contribution is 0.536. The average molecular weight is 326 g/mol. The fourth-order valence-electron chi connectivity index (χ4n) is 3.02. The molecule has 0 radical (unpaired) electrons. The van der Waals surface area contributed by atoms with E-state index in [0.29, 0.717) is 11.1 Å². The molecule has 1 aromatic carbocycles. The van der Waals surface area contributed by atoms with Gasteiger partial charge in [0.15, 0.2) is 0 Å². The zero-order chi connectivity index (χ0) is 15.1. The smallest absolute Gasteiger partial charge is 0.0453 e. The van der Waals surface area contributed by atoms with Crippen LogP contribution in [0.2, 0.25) is 10.0 Å². The summed E-state index contributed by atoms with van der Waals surface area (Å²) in [6.45, 7) is 3.15. The van der Waals surface area contributed by atoms with Crippen molar-refractivity contribution in [1.29, 1.82) is 0 Å². The Bertz CT molecular complexity index is 482. The molecule has 0 aliphatic heterocycles. The minimum atomic E-state index is 0.395. The van der Waals surface area contributed by atoms with Crippen LogP contribution in [0, 0.1) is 0 Å². The topological polar surface area (TPSA) is 12.0 Å². The quantitative estimate of drug-likeness (QED) is 0.675. The van der Waals surface area contributed by atoms with E-state index < -0.39 is 0 Å². The molecule has 21 heavy (non-hydrogen) atoms. The Labute approximate surface area is 138 Å². The van der Waals surface area contributed by atoms with E-state index in [0.717, 1.165) is 18.0 Å². The van der Waals surface area contributed by atoms with E-state index in [1.807, 2.05) is 12.1 Å². The van der Waals surface area contributed by atoms with Gasteiger partial charge in [0.1, 0.15) is 0 Å². The van der Waals surface area contributed by atoms with Gasteiger partial charge in [-0.1, -0.05) is 60.7 Å². The molecule has 0 saturated heterocycles. The van der Waals surface area contributed by atoms with Crippen LogP contribution in [0.5, 0.6) is 0 Å². The normalized spacial score (nSPS) is 20.2. The first-order valence-corrected chi connectivity index (χ1v) is 8.82. The molecule has 1 aliphatic rings. The summed E-state index contributed by atoms with van der Waals surface area (Å²) in [5.41, 5.74) is 2.73. The summed E-state index contributed by atoms with van der Waals surface area (Å²) in [7, 11) is 0. The van der Waals surface area contributed by atoms with Crippen molar-refractivity contribution >= 4 is 23.2 Å². The van der Waals surface area contributed by atoms with Crippen LogP contribution in [0.25, 0.3) is 0 Å². The molecule has 1 aliphatic carbocycles. The summed E-state index contributed by atoms with van der Waals surface area (Å²) in [6, 6.07) is 6.22. The first-order chi connectivity index (χ1) is 10.2. The highest BCUT2D eigenvalue weighted by molar-refractivity contribution is 6.35. The van der Waals surface area contributed by atoms with Gasteiger partial charge in [-0.15, -0.1) is 0 Å². The molecule has 0 bridgehead atoms. The summed E-state index contributed by atoms with van der Waals surface area (Å²) in [5.74, 6) is 0. The number of halogens is 2. The highest BCUT2D eigenvalue weighted by Crippen LogP contribution is 2.26. The molecule has 1 aromatic rings. The van der Waals surface area contributed by atoms with Crippen LogP contribution in [0.1, 0.15) is 51.0 Å². The maximum atomic E-state index is 6.34. The fourth-order valence-corrected chi connectivity index (χ4v) is 3.51. The van der Waals surface area contributed by atoms with Crippen molar-refractivity contribution in [2.24, 2.45) is 0 Å². The van der Waals surface area contributed by atoms with E-state index in [4.69, 9.17) is 23.2 Å². The van der Waals surface area contributed by atoms with E-state index in [2.05, 4.69) is 24.4 Å². The Morgan fingerprint density at radius 2 is 1.95 bits per heavy atom. The Hall–Kier alpha value is -0.500. The molecule has 1 unspecified atom stereocenters. The lowest BCUT2D eigenvalue weighted by Gasteiger charge is -2.24. The number of nitrogens with one attached hydrogen (secondary N) is 1. The molecule has 0 heterocycles. The van der Waals surface area contributed by atoms with Crippen molar-refractivity contribution in [3.63, 3.8) is 0 Å². The molecular weight excluding hydrogens is 301 g/mol. The summed E-state index contributed by atoms with van der Waals surface area (Å²) in [5, 5.41) is 5.11. The SMILES string of the molecule is CCNC(Cc1ccc(Cl)cc1Cl)/C1=C/CCCCCC1. The zero-order valence-electron chi connectivity index (χ0n) is 12.8. The van der Waals surface area contributed by atoms with Gasteiger partial charge in [-0.25, -0.2) is 0 Å². The molecule has 0 amide bonds. The van der Waals surface area contributed by atoms with Crippen molar-refractivity contribution in [2.45, 2.75) is 57.9 Å². The highest BCUT2D eigenvalue weighted by atomic mass is 35.5. The first-order valence-electron chi connectivity index (χ1n) is 8.07. The third-order valence-corrected chi connectivity index (χ3v) is 4.75. The van der Waals surface area contributed by atoms with Gasteiger partial charge in [0.25, 0.3) is 0 Å². The number of likely N-dealkylation sites (N-methyl/N-ethyl adjacent to an activating group) is 1. The Morgan fingerprint density at radius 1 is 1.14 bits per heavy atom. The lowest BCUT2D eigenvalue weighted by Crippen LogP contribution is -2.33. The Morgan fingerprint density at radius 3 is 2.71 bits per heavy atom. The van der Waals surface area contributed by atoms with Crippen molar-refractivity contribution in [3.05, 3.63) is 45.5 Å². The van der Waals surface area contributed by atoms with Crippen molar-refractivity contribution in [1.82, 2.24) is 5.32 Å². The minimum absolute atomic E-state index is 0.395. The number of hydrogen-bond acceptors (Lipinski definition) is 1. The van der Waals surface area contributed by atoms with Crippen molar-refractivity contribution < 1.29 is 0 Å². The van der Waals surface area contributed by atoms with E-state index >= 15 is 0 Å². The third kappa shape index (κ3) is 5.32. The maximum absolute atomic E-state index is 6.34. The van der Waals surface area contributed by atoms with Gasteiger partial charge in [-0.05, 0) is 56.3 Å². The minimum Gasteiger partial charge on any atom is -0.310 e. The molecule has 0 fully saturated rings. The van der Waals surface area contributed by atoms with Gasteiger partial charge < -0.3 is 5.32 Å². The van der Waals surface area contributed by atoms with E-state index in [9.17, 15) is 0 Å². The number of hydrogen-bond donors (Lipinski definition) is 1. The van der Waals surface area contributed by atoms with Gasteiger partial charge in [0.2, 0.25) is 0 Å². The van der Waals surface area contributed by atoms with E-state index in [1.165, 1.54) is 44.1 Å². The van der Waals surface area contributed by atoms with Gasteiger partial charge in [0, 0.05) is 16.1 Å². The monoisotopic (exact) mass is 325 g/mol. The lowest BCUT2D eigenvalue weighted by atomic mass is 9.91. The zero-order valence-corrected chi connectivity index (χ0v) is 14.3. The maximum Gasteiger partial charge on any atom is 0.0453 e. The van der Waals surface area contributed by atoms with Crippen LogP contribution in [-0.4, -0.2) is 12.6 Å². The molecule has 1 atom stereocenters. The number of allylic oxidation sites excluding steroid dienone is 1. The number of benzene rings is 1. The van der Waals surface area contributed by atoms with Gasteiger partial charge >= 0.3 is 0 Å². The highest BCUT2D eigenvalue weighted by Gasteiger charge is 2.16. The molecular formula is C18H25Cl2N. The average Bonchev–Trinajstić information content (AvgIpc) is 2.41. The molecule has 0 aromatic heterocycles. The predicted octanol–water partition coefficient (Wildman–Crippen LogP) is 5.79. The van der Waals surface area contributed by atoms with E-state index in [-0.39, 0.29) is 0 Å². The molecule has 0 spiro atoms. The van der Waals surface area contributed by atoms with E-state index in [1.54, 1.807) is 5.57 Å². The van der Waals surface area contributed by atoms with Crippen LogP contribution in [-0.2, 0) is 6.42 Å². The van der Waals surface area contributed by atoms with Gasteiger partial charge in [-0.3, -0.25) is 0 Å². The summed E-state index contributed by atoms with van der Waals surface area (Å²) >= 11 is 12.3. The Balaban J connectivity index is 2.13. The second-order valence-electron chi connectivity index (χ2n) is 5.78. The predicted molar refractivity (Wildman–Crippen MR) is 93.4 cm³/mol. The van der Waals surface area contributed by atoms with Gasteiger partial charge in [-0.2, -0.15) is 0 Å². The standard InChI is InChI=1S/C18H25Cl2N/c1-2-21-18(14-8-6-4-3-5-7-9-14)12-15-10-11-16(19)13-17(15)20/h8,10-11,13,18,21H,2-7,9,12H2,1H3/b14-8+. The Kier molecular flexibility index (Phi) is 7.09. The van der Waals surface area contributed by atoms with Crippen LogP contribution >= 0.6 is 23.2 Å². The summed E-state index contributed by atoms with van der Waals surface area (Å²) in [4.78, 5) is 0. The molecule has 1 nitrogen and oxygen atoms in total. The second-order valence-corrected chi connectivity index (χ2v) is 6.63. The van der Waals surface area contributed by atoms with Crippen LogP contribution in [0.4, 0.5) is 0 Å². The molecule has 2 rings (SSSR count). The van der Waals surface area contributed by atoms with Crippen LogP contribution in [0.15, 0.2) is 29.8 Å². The fraction of sp³-hybridized carbons (Fsp3) is 0.556. The third-order valence-electron chi connectivity index (χ3n) is 4.16. The largest absolute Gasteiger partial charge is 0.310 e. The molecule has 0 saturated carbocycles. The second kappa shape index (κ2) is 8.82. The molecule has 116 valence electrons. The van der Waals surface area contributed by atoms with Crippen molar-refractivity contribution in [3.8, 4) is 0 Å². The van der Waals surface area contributed by atoms with Crippen molar-refractivity contribution in [2.75, 3.05) is 6.54 Å². The van der Waals surface area contributed by atoms with Gasteiger partial charge in [0.05, 0.1) is 0 Å². The summed E-state index contributed by atoms with van der Waals surface area (Å²) in [6.07, 6.45) is 11.2. The molecule has 3 heteroatoms.